The first-order valence-electron chi connectivity index (χ1n) is 8.63. The summed E-state index contributed by atoms with van der Waals surface area (Å²) in [5.74, 6) is -1.39. The molecule has 26 heavy (non-hydrogen) atoms. The van der Waals surface area contributed by atoms with E-state index in [1.807, 2.05) is 13.8 Å². The van der Waals surface area contributed by atoms with Gasteiger partial charge in [0.1, 0.15) is 11.3 Å². The number of rotatable bonds is 6. The summed E-state index contributed by atoms with van der Waals surface area (Å²) in [5, 5.41) is 9.94. The summed E-state index contributed by atoms with van der Waals surface area (Å²) in [6.07, 6.45) is 1.06. The molecule has 8 heteroatoms. The van der Waals surface area contributed by atoms with Crippen LogP contribution in [0.5, 0.6) is 5.75 Å². The molecule has 2 rings (SSSR count). The highest BCUT2D eigenvalue weighted by atomic mass is 32.2. The van der Waals surface area contributed by atoms with Crippen LogP contribution in [0.2, 0.25) is 0 Å². The van der Waals surface area contributed by atoms with Crippen LogP contribution in [-0.2, 0) is 19.4 Å². The maximum Gasteiger partial charge on any atom is 0.342 e. The summed E-state index contributed by atoms with van der Waals surface area (Å²) in [4.78, 5) is 26.3. The molecule has 2 atom stereocenters. The molecule has 1 heterocycles. The smallest absolute Gasteiger partial charge is 0.342 e. The summed E-state index contributed by atoms with van der Waals surface area (Å²) >= 11 is 0. The third kappa shape index (κ3) is 4.55. The van der Waals surface area contributed by atoms with Crippen LogP contribution in [0.1, 0.15) is 42.6 Å². The number of para-hydroxylation sites is 1. The molecule has 0 unspecified atom stereocenters. The van der Waals surface area contributed by atoms with E-state index in [0.29, 0.717) is 18.4 Å². The average molecular weight is 383 g/mol. The SMILES string of the molecule is CC[C@H](C)N(C(=O)COC(=O)c1cccc(C)c1O)[C@@H]1CCS(=O)(=O)C1. The maximum atomic E-state index is 12.6. The standard InChI is InChI=1S/C18H25NO6S/c1-4-13(3)19(14-8-9-26(23,24)11-14)16(20)10-25-18(22)15-7-5-6-12(2)17(15)21/h5-7,13-14,21H,4,8-11H2,1-3H3/t13-,14+/m0/s1. The first-order chi connectivity index (χ1) is 12.2. The van der Waals surface area contributed by atoms with Gasteiger partial charge >= 0.3 is 5.97 Å². The van der Waals surface area contributed by atoms with Gasteiger partial charge in [-0.3, -0.25) is 4.79 Å². The van der Waals surface area contributed by atoms with Gasteiger partial charge in [-0.1, -0.05) is 19.1 Å². The van der Waals surface area contributed by atoms with Gasteiger partial charge in [-0.15, -0.1) is 0 Å². The number of phenolic OH excluding ortho intramolecular Hbond substituents is 1. The van der Waals surface area contributed by atoms with Gasteiger partial charge in [-0.25, -0.2) is 13.2 Å². The molecule has 0 aliphatic carbocycles. The minimum absolute atomic E-state index is 0.00339. The minimum atomic E-state index is -3.14. The topological polar surface area (TPSA) is 101 Å². The fourth-order valence-electron chi connectivity index (χ4n) is 3.10. The fraction of sp³-hybridized carbons (Fsp3) is 0.556. The Bertz CT molecular complexity index is 789. The largest absolute Gasteiger partial charge is 0.507 e. The second kappa shape index (κ2) is 8.07. The van der Waals surface area contributed by atoms with E-state index in [2.05, 4.69) is 0 Å². The summed E-state index contributed by atoms with van der Waals surface area (Å²) in [7, 11) is -3.14. The van der Waals surface area contributed by atoms with Gasteiger partial charge in [0.15, 0.2) is 16.4 Å². The summed E-state index contributed by atoms with van der Waals surface area (Å²) in [6, 6.07) is 4.14. The van der Waals surface area contributed by atoms with Crippen molar-refractivity contribution in [1.82, 2.24) is 4.90 Å². The van der Waals surface area contributed by atoms with Crippen molar-refractivity contribution < 1.29 is 27.9 Å². The quantitative estimate of drug-likeness (QED) is 0.750. The Balaban J connectivity index is 2.07. The van der Waals surface area contributed by atoms with E-state index >= 15 is 0 Å². The number of aromatic hydroxyl groups is 1. The lowest BCUT2D eigenvalue weighted by atomic mass is 10.1. The van der Waals surface area contributed by atoms with Crippen LogP contribution in [0.3, 0.4) is 0 Å². The van der Waals surface area contributed by atoms with Crippen LogP contribution in [0.25, 0.3) is 0 Å². The molecule has 1 aliphatic heterocycles. The van der Waals surface area contributed by atoms with Crippen molar-refractivity contribution >= 4 is 21.7 Å². The molecule has 0 bridgehead atoms. The van der Waals surface area contributed by atoms with Crippen molar-refractivity contribution in [3.8, 4) is 5.75 Å². The molecule has 1 aromatic carbocycles. The van der Waals surface area contributed by atoms with Crippen LogP contribution < -0.4 is 0 Å². The van der Waals surface area contributed by atoms with Gasteiger partial charge < -0.3 is 14.7 Å². The van der Waals surface area contributed by atoms with Crippen molar-refractivity contribution in [2.24, 2.45) is 0 Å². The van der Waals surface area contributed by atoms with E-state index in [1.165, 1.54) is 11.0 Å². The number of ether oxygens (including phenoxy) is 1. The second-order valence-corrected chi connectivity index (χ2v) is 8.89. The number of carbonyl (C=O) groups excluding carboxylic acids is 2. The normalized spacial score (nSPS) is 19.7. The summed E-state index contributed by atoms with van der Waals surface area (Å²) in [6.45, 7) is 4.91. The number of aryl methyl sites for hydroxylation is 1. The van der Waals surface area contributed by atoms with Gasteiger partial charge in [-0.2, -0.15) is 0 Å². The molecule has 1 saturated heterocycles. The number of hydrogen-bond acceptors (Lipinski definition) is 6. The van der Waals surface area contributed by atoms with Crippen molar-refractivity contribution in [1.29, 1.82) is 0 Å². The van der Waals surface area contributed by atoms with Gasteiger partial charge in [0.2, 0.25) is 0 Å². The zero-order valence-electron chi connectivity index (χ0n) is 15.3. The number of hydrogen-bond donors (Lipinski definition) is 1. The predicted octanol–water partition coefficient (Wildman–Crippen LogP) is 1.67. The van der Waals surface area contributed by atoms with Crippen molar-refractivity contribution in [3.05, 3.63) is 29.3 Å². The zero-order chi connectivity index (χ0) is 19.5. The van der Waals surface area contributed by atoms with Crippen LogP contribution in [0.15, 0.2) is 18.2 Å². The average Bonchev–Trinajstić information content (AvgIpc) is 2.94. The van der Waals surface area contributed by atoms with Crippen LogP contribution in [-0.4, -0.2) is 60.5 Å². The third-order valence-corrected chi connectivity index (χ3v) is 6.49. The van der Waals surface area contributed by atoms with Gasteiger partial charge in [0, 0.05) is 12.1 Å². The number of benzene rings is 1. The Morgan fingerprint density at radius 3 is 2.65 bits per heavy atom. The number of esters is 1. The Morgan fingerprint density at radius 1 is 1.38 bits per heavy atom. The predicted molar refractivity (Wildman–Crippen MR) is 96.8 cm³/mol. The minimum Gasteiger partial charge on any atom is -0.507 e. The molecule has 0 spiro atoms. The number of phenols is 1. The van der Waals surface area contributed by atoms with Gasteiger partial charge in [0.05, 0.1) is 11.5 Å². The first-order valence-corrected chi connectivity index (χ1v) is 10.5. The van der Waals surface area contributed by atoms with Crippen LogP contribution in [0, 0.1) is 6.92 Å². The number of carbonyl (C=O) groups is 2. The van der Waals surface area contributed by atoms with Crippen molar-refractivity contribution in [3.63, 3.8) is 0 Å². The number of sulfone groups is 1. The Morgan fingerprint density at radius 2 is 2.08 bits per heavy atom. The van der Waals surface area contributed by atoms with Crippen LogP contribution >= 0.6 is 0 Å². The molecule has 0 aromatic heterocycles. The van der Waals surface area contributed by atoms with Crippen molar-refractivity contribution in [2.75, 3.05) is 18.1 Å². The molecule has 0 saturated carbocycles. The molecule has 0 radical (unpaired) electrons. The Labute approximate surface area is 153 Å². The zero-order valence-corrected chi connectivity index (χ0v) is 16.1. The molecule has 1 N–H and O–H groups in total. The first kappa shape index (κ1) is 20.2. The second-order valence-electron chi connectivity index (χ2n) is 6.66. The van der Waals surface area contributed by atoms with E-state index in [-0.39, 0.29) is 28.9 Å². The van der Waals surface area contributed by atoms with E-state index in [0.717, 1.165) is 0 Å². The molecule has 1 amide bonds. The van der Waals surface area contributed by atoms with Crippen molar-refractivity contribution in [2.45, 2.75) is 45.7 Å². The fourth-order valence-corrected chi connectivity index (χ4v) is 4.82. The Hall–Kier alpha value is -2.09. The number of amides is 1. The number of nitrogens with zero attached hydrogens (tertiary/aromatic N) is 1. The molecule has 1 aliphatic rings. The van der Waals surface area contributed by atoms with E-state index in [4.69, 9.17) is 4.74 Å². The Kier molecular flexibility index (Phi) is 6.28. The summed E-state index contributed by atoms with van der Waals surface area (Å²) < 4.78 is 28.6. The van der Waals surface area contributed by atoms with Gasteiger partial charge in [-0.05, 0) is 38.3 Å². The molecule has 7 nitrogen and oxygen atoms in total. The van der Waals surface area contributed by atoms with E-state index in [9.17, 15) is 23.1 Å². The lowest BCUT2D eigenvalue weighted by Gasteiger charge is -2.33. The lowest BCUT2D eigenvalue weighted by Crippen LogP contribution is -2.48. The highest BCUT2D eigenvalue weighted by Gasteiger charge is 2.36. The highest BCUT2D eigenvalue weighted by Crippen LogP contribution is 2.23. The maximum absolute atomic E-state index is 12.6. The van der Waals surface area contributed by atoms with E-state index in [1.54, 1.807) is 19.1 Å². The summed E-state index contributed by atoms with van der Waals surface area (Å²) in [5.41, 5.74) is 0.527. The molecular weight excluding hydrogens is 358 g/mol. The highest BCUT2D eigenvalue weighted by molar-refractivity contribution is 7.91. The van der Waals surface area contributed by atoms with Gasteiger partial charge in [0.25, 0.3) is 5.91 Å². The molecule has 144 valence electrons. The lowest BCUT2D eigenvalue weighted by molar-refractivity contribution is -0.138. The third-order valence-electron chi connectivity index (χ3n) is 4.74. The monoisotopic (exact) mass is 383 g/mol. The molecular formula is C18H25NO6S. The molecule has 1 fully saturated rings. The molecule has 1 aromatic rings. The van der Waals surface area contributed by atoms with Crippen LogP contribution in [0.4, 0.5) is 0 Å². The van der Waals surface area contributed by atoms with E-state index < -0.39 is 34.4 Å².